The Labute approximate surface area is 177 Å². The number of anilines is 2. The van der Waals surface area contributed by atoms with Gasteiger partial charge in [-0.2, -0.15) is 5.10 Å². The fourth-order valence-corrected chi connectivity index (χ4v) is 3.91. The Hall–Kier alpha value is -1.97. The number of piperazine rings is 1. The molecule has 1 saturated heterocycles. The number of hydrogen-bond donors (Lipinski definition) is 1. The molecule has 1 aliphatic rings. The van der Waals surface area contributed by atoms with Gasteiger partial charge in [0.1, 0.15) is 0 Å². The molecular weight excluding hydrogens is 442 g/mol. The average Bonchev–Trinajstić information content (AvgIpc) is 3.11. The van der Waals surface area contributed by atoms with Crippen LogP contribution in [0, 0.1) is 0 Å². The first-order chi connectivity index (χ1) is 13.5. The van der Waals surface area contributed by atoms with E-state index in [2.05, 4.69) is 60.4 Å². The molecule has 3 rings (SSSR count). The largest absolute Gasteiger partial charge is 0.466 e. The summed E-state index contributed by atoms with van der Waals surface area (Å²) < 4.78 is 6.00. The van der Waals surface area contributed by atoms with Gasteiger partial charge in [0, 0.05) is 47.3 Å². The third-order valence-corrected chi connectivity index (χ3v) is 5.67. The van der Waals surface area contributed by atoms with Crippen LogP contribution in [-0.4, -0.2) is 61.9 Å². The van der Waals surface area contributed by atoms with Gasteiger partial charge < -0.3 is 14.5 Å². The van der Waals surface area contributed by atoms with Crippen LogP contribution < -0.4 is 10.3 Å². The molecule has 0 saturated carbocycles. The average molecular weight is 466 g/mol. The number of carbonyl (C=O) groups excluding carboxylic acids is 1. The highest BCUT2D eigenvalue weighted by Gasteiger charge is 2.17. The number of aromatic nitrogens is 1. The summed E-state index contributed by atoms with van der Waals surface area (Å²) in [6.45, 7) is 6.24. The first-order valence-electron chi connectivity index (χ1n) is 9.17. The Morgan fingerprint density at radius 3 is 2.93 bits per heavy atom. The Morgan fingerprint density at radius 2 is 2.18 bits per heavy atom. The zero-order valence-electron chi connectivity index (χ0n) is 16.0. The summed E-state index contributed by atoms with van der Waals surface area (Å²) in [5.74, 6) is -0.269. The number of halogens is 1. The predicted octanol–water partition coefficient (Wildman–Crippen LogP) is 3.21. The molecule has 9 heteroatoms. The van der Waals surface area contributed by atoms with Gasteiger partial charge >= 0.3 is 5.97 Å². The Morgan fingerprint density at radius 1 is 1.39 bits per heavy atom. The Kier molecular flexibility index (Phi) is 7.41. The van der Waals surface area contributed by atoms with E-state index in [4.69, 9.17) is 4.74 Å². The van der Waals surface area contributed by atoms with Gasteiger partial charge in [0.2, 0.25) is 5.13 Å². The number of nitrogens with zero attached hydrogens (tertiary/aromatic N) is 4. The number of likely N-dealkylation sites (N-methyl/N-ethyl adjacent to an activating group) is 1. The second-order valence-corrected chi connectivity index (χ2v) is 8.26. The van der Waals surface area contributed by atoms with Crippen LogP contribution in [0.3, 0.4) is 0 Å². The lowest BCUT2D eigenvalue weighted by molar-refractivity contribution is -0.142. The van der Waals surface area contributed by atoms with E-state index in [0.717, 1.165) is 41.9 Å². The van der Waals surface area contributed by atoms with Gasteiger partial charge in [-0.1, -0.05) is 22.0 Å². The van der Waals surface area contributed by atoms with Crippen molar-refractivity contribution >= 4 is 50.3 Å². The minimum absolute atomic E-state index is 0.177. The fraction of sp³-hybridized carbons (Fsp3) is 0.421. The molecule has 0 bridgehead atoms. The molecule has 1 aliphatic heterocycles. The summed E-state index contributed by atoms with van der Waals surface area (Å²) in [7, 11) is 2.15. The number of ether oxygens (including phenoxy) is 1. The number of hydrazone groups is 1. The number of thiazole rings is 1. The van der Waals surface area contributed by atoms with Crippen molar-refractivity contribution in [2.45, 2.75) is 13.3 Å². The van der Waals surface area contributed by atoms with Crippen LogP contribution in [-0.2, 0) is 16.0 Å². The number of benzene rings is 1. The molecule has 1 aromatic heterocycles. The third-order valence-electron chi connectivity index (χ3n) is 4.38. The number of esters is 1. The van der Waals surface area contributed by atoms with Crippen molar-refractivity contribution < 1.29 is 9.53 Å². The molecular formula is C19H24BrN5O2S. The second kappa shape index (κ2) is 9.99. The Balaban J connectivity index is 1.64. The van der Waals surface area contributed by atoms with Crippen LogP contribution in [0.5, 0.6) is 0 Å². The zero-order valence-corrected chi connectivity index (χ0v) is 18.4. The van der Waals surface area contributed by atoms with Crippen molar-refractivity contribution in [2.24, 2.45) is 5.10 Å². The molecule has 0 aliphatic carbocycles. The lowest BCUT2D eigenvalue weighted by atomic mass is 10.1. The number of carbonyl (C=O) groups is 1. The normalized spacial score (nSPS) is 15.2. The molecule has 0 spiro atoms. The lowest BCUT2D eigenvalue weighted by Gasteiger charge is -2.34. The van der Waals surface area contributed by atoms with Crippen LogP contribution in [0.1, 0.15) is 18.2 Å². The van der Waals surface area contributed by atoms with Gasteiger partial charge in [0.05, 0.1) is 24.9 Å². The highest BCUT2D eigenvalue weighted by Crippen LogP contribution is 2.25. The smallest absolute Gasteiger partial charge is 0.311 e. The molecule has 1 N–H and O–H groups in total. The summed E-state index contributed by atoms with van der Waals surface area (Å²) in [4.78, 5) is 20.6. The van der Waals surface area contributed by atoms with Gasteiger partial charge in [-0.3, -0.25) is 10.2 Å². The van der Waals surface area contributed by atoms with Crippen molar-refractivity contribution in [3.05, 3.63) is 39.3 Å². The van der Waals surface area contributed by atoms with Crippen molar-refractivity contribution in [2.75, 3.05) is 50.2 Å². The summed E-state index contributed by atoms with van der Waals surface area (Å²) in [6.07, 6.45) is 1.99. The molecule has 28 heavy (non-hydrogen) atoms. The summed E-state index contributed by atoms with van der Waals surface area (Å²) >= 11 is 4.98. The highest BCUT2D eigenvalue weighted by molar-refractivity contribution is 9.10. The molecule has 2 aromatic rings. The van der Waals surface area contributed by atoms with Gasteiger partial charge in [0.25, 0.3) is 0 Å². The second-order valence-electron chi connectivity index (χ2n) is 6.49. The maximum Gasteiger partial charge on any atom is 0.311 e. The number of nitrogens with one attached hydrogen (secondary N) is 1. The first-order valence-corrected chi connectivity index (χ1v) is 10.8. The third kappa shape index (κ3) is 5.76. The van der Waals surface area contributed by atoms with Crippen molar-refractivity contribution in [1.29, 1.82) is 0 Å². The molecule has 1 fully saturated rings. The molecule has 0 radical (unpaired) electrons. The molecule has 0 unspecified atom stereocenters. The molecule has 2 heterocycles. The van der Waals surface area contributed by atoms with E-state index >= 15 is 0 Å². The maximum atomic E-state index is 11.5. The number of hydrogen-bond acceptors (Lipinski definition) is 8. The number of rotatable bonds is 7. The summed E-state index contributed by atoms with van der Waals surface area (Å²) in [5.41, 5.74) is 5.85. The van der Waals surface area contributed by atoms with Crippen LogP contribution in [0.2, 0.25) is 0 Å². The quantitative estimate of drug-likeness (QED) is 0.384. The van der Waals surface area contributed by atoms with Crippen LogP contribution in [0.15, 0.2) is 33.2 Å². The van der Waals surface area contributed by atoms with Crippen LogP contribution in [0.25, 0.3) is 0 Å². The molecule has 150 valence electrons. The van der Waals surface area contributed by atoms with Crippen LogP contribution >= 0.6 is 27.3 Å². The van der Waals surface area contributed by atoms with Gasteiger partial charge in [0.15, 0.2) is 0 Å². The van der Waals surface area contributed by atoms with Crippen molar-refractivity contribution in [3.8, 4) is 0 Å². The van der Waals surface area contributed by atoms with Gasteiger partial charge in [-0.05, 0) is 26.1 Å². The van der Waals surface area contributed by atoms with E-state index in [-0.39, 0.29) is 12.4 Å². The SMILES string of the molecule is CCOC(=O)Cc1csc(NN=Cc2ccc(Br)cc2N2CCN(C)CC2)n1. The summed E-state index contributed by atoms with van der Waals surface area (Å²) in [5, 5.41) is 6.83. The zero-order chi connectivity index (χ0) is 19.9. The molecule has 1 aromatic carbocycles. The minimum atomic E-state index is -0.269. The minimum Gasteiger partial charge on any atom is -0.466 e. The Bertz CT molecular complexity index is 833. The van der Waals surface area contributed by atoms with Crippen LogP contribution in [0.4, 0.5) is 10.8 Å². The fourth-order valence-electron chi connectivity index (χ4n) is 2.90. The maximum absolute atomic E-state index is 11.5. The van der Waals surface area contributed by atoms with E-state index in [1.54, 1.807) is 6.92 Å². The van der Waals surface area contributed by atoms with E-state index in [9.17, 15) is 4.79 Å². The van der Waals surface area contributed by atoms with E-state index in [0.29, 0.717) is 17.4 Å². The van der Waals surface area contributed by atoms with Gasteiger partial charge in [-0.15, -0.1) is 11.3 Å². The molecule has 0 atom stereocenters. The van der Waals surface area contributed by atoms with E-state index in [1.165, 1.54) is 11.3 Å². The van der Waals surface area contributed by atoms with Crippen molar-refractivity contribution in [1.82, 2.24) is 9.88 Å². The molecule has 0 amide bonds. The monoisotopic (exact) mass is 465 g/mol. The van der Waals surface area contributed by atoms with Crippen molar-refractivity contribution in [3.63, 3.8) is 0 Å². The summed E-state index contributed by atoms with van der Waals surface area (Å²) in [6, 6.07) is 6.20. The van der Waals surface area contributed by atoms with E-state index in [1.807, 2.05) is 17.7 Å². The standard InChI is InChI=1S/C19H24BrN5O2S/c1-3-27-18(26)11-16-13-28-19(22-16)23-21-12-14-4-5-15(20)10-17(14)25-8-6-24(2)7-9-25/h4-5,10,12-13H,3,6-9,11H2,1-2H3,(H,22,23). The topological polar surface area (TPSA) is 70.1 Å². The van der Waals surface area contributed by atoms with E-state index < -0.39 is 0 Å². The highest BCUT2D eigenvalue weighted by atomic mass is 79.9. The predicted molar refractivity (Wildman–Crippen MR) is 118 cm³/mol. The molecule has 7 nitrogen and oxygen atoms in total. The lowest BCUT2D eigenvalue weighted by Crippen LogP contribution is -2.44. The van der Waals surface area contributed by atoms with Gasteiger partial charge in [-0.25, -0.2) is 4.98 Å². The first kappa shape index (κ1) is 20.8.